The molecule has 1 aromatic heterocycles. The number of benzene rings is 3. The minimum atomic E-state index is -3.02. The molecule has 0 atom stereocenters. The van der Waals surface area contributed by atoms with E-state index in [1.165, 1.54) is 25.5 Å². The maximum atomic E-state index is 15.0. The normalized spacial score (nSPS) is 11.7. The quantitative estimate of drug-likeness (QED) is 0.138. The summed E-state index contributed by atoms with van der Waals surface area (Å²) >= 11 is 0. The van der Waals surface area contributed by atoms with Gasteiger partial charge in [-0.05, 0) is 96.6 Å². The molecular weight excluding hydrogens is 517 g/mol. The Morgan fingerprint density at radius 2 is 1.74 bits per heavy atom. The van der Waals surface area contributed by atoms with Gasteiger partial charge in [-0.3, -0.25) is 0 Å². The molecule has 8 heteroatoms. The molecule has 0 spiro atoms. The fourth-order valence-corrected chi connectivity index (χ4v) is 5.12. The van der Waals surface area contributed by atoms with Crippen molar-refractivity contribution in [3.05, 3.63) is 89.2 Å². The fraction of sp³-hybridized carbons (Fsp3) is 0.226. The summed E-state index contributed by atoms with van der Waals surface area (Å²) in [4.78, 5) is 16.1. The van der Waals surface area contributed by atoms with Crippen LogP contribution in [0.5, 0.6) is 5.75 Å². The fourth-order valence-electron chi connectivity index (χ4n) is 4.48. The van der Waals surface area contributed by atoms with Gasteiger partial charge in [0.15, 0.2) is 0 Å². The molecule has 0 bridgehead atoms. The van der Waals surface area contributed by atoms with Gasteiger partial charge in [0.2, 0.25) is 0 Å². The van der Waals surface area contributed by atoms with E-state index in [0.717, 1.165) is 33.2 Å². The molecule has 0 radical (unpaired) electrons. The minimum Gasteiger partial charge on any atom is -0.494 e. The van der Waals surface area contributed by atoms with Gasteiger partial charge in [0.25, 0.3) is 0 Å². The summed E-state index contributed by atoms with van der Waals surface area (Å²) in [5.41, 5.74) is 6.19. The van der Waals surface area contributed by atoms with Gasteiger partial charge >= 0.3 is 5.97 Å². The molecule has 0 saturated heterocycles. The number of aromatic nitrogens is 1. The Kier molecular flexibility index (Phi) is 8.45. The van der Waals surface area contributed by atoms with Gasteiger partial charge in [0.05, 0.1) is 30.7 Å². The van der Waals surface area contributed by atoms with Crippen molar-refractivity contribution in [2.45, 2.75) is 20.3 Å². The van der Waals surface area contributed by atoms with Gasteiger partial charge in [-0.15, -0.1) is 0 Å². The largest absolute Gasteiger partial charge is 0.494 e. The van der Waals surface area contributed by atoms with E-state index < -0.39 is 15.8 Å². The molecule has 0 amide bonds. The number of methoxy groups -OCH3 is 1. The molecule has 0 aliphatic rings. The lowest BCUT2D eigenvalue weighted by Crippen LogP contribution is -2.08. The van der Waals surface area contributed by atoms with Crippen molar-refractivity contribution >= 4 is 32.8 Å². The number of aryl methyl sites for hydroxylation is 2. The molecule has 3 aromatic carbocycles. The maximum absolute atomic E-state index is 15.0. The van der Waals surface area contributed by atoms with Crippen molar-refractivity contribution in [2.24, 2.45) is 0 Å². The first-order chi connectivity index (χ1) is 18.5. The van der Waals surface area contributed by atoms with Gasteiger partial charge in [0.1, 0.15) is 21.4 Å². The zero-order valence-corrected chi connectivity index (χ0v) is 23.1. The van der Waals surface area contributed by atoms with Crippen LogP contribution in [0.2, 0.25) is 0 Å². The predicted molar refractivity (Wildman–Crippen MR) is 153 cm³/mol. The number of pyridine rings is 1. The Morgan fingerprint density at radius 1 is 1.00 bits per heavy atom. The van der Waals surface area contributed by atoms with Gasteiger partial charge in [-0.2, -0.15) is 0 Å². The van der Waals surface area contributed by atoms with E-state index in [1.54, 1.807) is 24.3 Å². The maximum Gasteiger partial charge on any atom is 0.330 e. The SMILES string of the molecule is COC(=O)C=Cc1ccc2nc(-c3cc(-c4c(C)cc(OCCCS(C)(=O)=O)cc4C)ccc3F)ccc2c1. The van der Waals surface area contributed by atoms with Crippen LogP contribution in [0.4, 0.5) is 4.39 Å². The van der Waals surface area contributed by atoms with Crippen LogP contribution in [0.15, 0.2) is 66.7 Å². The van der Waals surface area contributed by atoms with E-state index in [0.29, 0.717) is 35.6 Å². The smallest absolute Gasteiger partial charge is 0.330 e. The number of sulfone groups is 1. The number of rotatable bonds is 9. The molecule has 0 fully saturated rings. The summed E-state index contributed by atoms with van der Waals surface area (Å²) < 4.78 is 48.1. The van der Waals surface area contributed by atoms with Crippen LogP contribution in [-0.4, -0.2) is 45.1 Å². The highest BCUT2D eigenvalue weighted by molar-refractivity contribution is 7.90. The van der Waals surface area contributed by atoms with Crippen LogP contribution in [0, 0.1) is 19.7 Å². The van der Waals surface area contributed by atoms with Crippen molar-refractivity contribution in [3.8, 4) is 28.1 Å². The monoisotopic (exact) mass is 547 g/mol. The summed E-state index contributed by atoms with van der Waals surface area (Å²) in [5.74, 6) is -0.0558. The Balaban J connectivity index is 1.61. The van der Waals surface area contributed by atoms with Crippen molar-refractivity contribution in [2.75, 3.05) is 25.7 Å². The second kappa shape index (κ2) is 11.8. The number of hydrogen-bond acceptors (Lipinski definition) is 6. The topological polar surface area (TPSA) is 82.6 Å². The van der Waals surface area contributed by atoms with Crippen LogP contribution in [-0.2, 0) is 19.4 Å². The van der Waals surface area contributed by atoms with E-state index in [9.17, 15) is 13.2 Å². The Bertz CT molecular complexity index is 1660. The third-order valence-corrected chi connectivity index (χ3v) is 7.32. The molecule has 0 N–H and O–H groups in total. The van der Waals surface area contributed by atoms with E-state index in [-0.39, 0.29) is 11.6 Å². The van der Waals surface area contributed by atoms with E-state index in [4.69, 9.17) is 9.72 Å². The molecule has 0 unspecified atom stereocenters. The van der Waals surface area contributed by atoms with Crippen molar-refractivity contribution in [1.29, 1.82) is 0 Å². The molecule has 0 aliphatic heterocycles. The standard InChI is InChI=1S/C31H30FNO5S/c1-20-16-25(38-14-5-15-39(4,35)36)17-21(2)31(20)24-8-10-27(32)26(19-24)29-12-9-23-18-22(6-11-28(23)33-29)7-13-30(34)37-3/h6-13,16-19H,5,14-15H2,1-4H3. The van der Waals surface area contributed by atoms with Crippen LogP contribution >= 0.6 is 0 Å². The summed E-state index contributed by atoms with van der Waals surface area (Å²) in [6.45, 7) is 4.24. The van der Waals surface area contributed by atoms with Crippen LogP contribution < -0.4 is 4.74 Å². The third kappa shape index (κ3) is 7.09. The second-order valence-corrected chi connectivity index (χ2v) is 11.7. The van der Waals surface area contributed by atoms with Crippen molar-refractivity contribution in [1.82, 2.24) is 4.98 Å². The number of halogens is 1. The second-order valence-electron chi connectivity index (χ2n) is 9.46. The molecule has 202 valence electrons. The van der Waals surface area contributed by atoms with E-state index >= 15 is 4.39 Å². The van der Waals surface area contributed by atoms with Gasteiger partial charge in [-0.25, -0.2) is 22.6 Å². The van der Waals surface area contributed by atoms with Crippen LogP contribution in [0.1, 0.15) is 23.1 Å². The van der Waals surface area contributed by atoms with Crippen molar-refractivity contribution < 1.29 is 27.1 Å². The highest BCUT2D eigenvalue weighted by atomic mass is 32.2. The number of hydrogen-bond donors (Lipinski definition) is 0. The lowest BCUT2D eigenvalue weighted by atomic mass is 9.93. The first-order valence-corrected chi connectivity index (χ1v) is 14.5. The number of carbonyl (C=O) groups excluding carboxylic acids is 1. The summed E-state index contributed by atoms with van der Waals surface area (Å²) in [5, 5.41) is 0.862. The van der Waals surface area contributed by atoms with E-state index in [2.05, 4.69) is 4.74 Å². The average Bonchev–Trinajstić information content (AvgIpc) is 2.89. The molecule has 6 nitrogen and oxygen atoms in total. The highest BCUT2D eigenvalue weighted by Gasteiger charge is 2.14. The van der Waals surface area contributed by atoms with Crippen LogP contribution in [0.25, 0.3) is 39.4 Å². The number of carbonyl (C=O) groups is 1. The van der Waals surface area contributed by atoms with Gasteiger partial charge < -0.3 is 9.47 Å². The lowest BCUT2D eigenvalue weighted by Gasteiger charge is -2.15. The number of esters is 1. The Hall–Kier alpha value is -4.04. The molecule has 4 aromatic rings. The number of ether oxygens (including phenoxy) is 2. The predicted octanol–water partition coefficient (Wildman–Crippen LogP) is 6.32. The Morgan fingerprint density at radius 3 is 2.44 bits per heavy atom. The zero-order chi connectivity index (χ0) is 28.2. The molecule has 39 heavy (non-hydrogen) atoms. The molecule has 0 aliphatic carbocycles. The zero-order valence-electron chi connectivity index (χ0n) is 22.3. The number of nitrogens with zero attached hydrogens (tertiary/aromatic N) is 1. The molecular formula is C31H30FNO5S. The van der Waals surface area contributed by atoms with E-state index in [1.807, 2.05) is 50.2 Å². The van der Waals surface area contributed by atoms with Crippen molar-refractivity contribution in [3.63, 3.8) is 0 Å². The number of fused-ring (bicyclic) bond motifs is 1. The summed E-state index contributed by atoms with van der Waals surface area (Å²) in [6.07, 6.45) is 4.65. The molecule has 4 rings (SSSR count). The van der Waals surface area contributed by atoms with Gasteiger partial charge in [-0.1, -0.05) is 18.2 Å². The first kappa shape index (κ1) is 28.0. The third-order valence-electron chi connectivity index (χ3n) is 6.29. The Labute approximate surface area is 228 Å². The van der Waals surface area contributed by atoms with Gasteiger partial charge in [0, 0.05) is 23.3 Å². The summed E-state index contributed by atoms with van der Waals surface area (Å²) in [7, 11) is -1.70. The molecule has 0 saturated carbocycles. The highest BCUT2D eigenvalue weighted by Crippen LogP contribution is 2.34. The minimum absolute atomic E-state index is 0.0812. The molecule has 1 heterocycles. The first-order valence-electron chi connectivity index (χ1n) is 12.4. The average molecular weight is 548 g/mol. The lowest BCUT2D eigenvalue weighted by molar-refractivity contribution is -0.134. The van der Waals surface area contributed by atoms with Crippen LogP contribution in [0.3, 0.4) is 0 Å². The summed E-state index contributed by atoms with van der Waals surface area (Å²) in [6, 6.07) is 18.1.